The number of nitrogens with one attached hydrogen (secondary N) is 1. The van der Waals surface area contributed by atoms with Crippen LogP contribution in [-0.2, 0) is 25.5 Å². The molecule has 0 heterocycles. The van der Waals surface area contributed by atoms with Crippen molar-refractivity contribution in [3.63, 3.8) is 0 Å². The van der Waals surface area contributed by atoms with E-state index in [1.807, 2.05) is 0 Å². The van der Waals surface area contributed by atoms with Crippen LogP contribution in [0.3, 0.4) is 0 Å². The zero-order valence-corrected chi connectivity index (χ0v) is 9.31. The Morgan fingerprint density at radius 3 is 2.62 bits per heavy atom. The van der Waals surface area contributed by atoms with E-state index in [4.69, 9.17) is 0 Å². The molecule has 16 heavy (non-hydrogen) atoms. The summed E-state index contributed by atoms with van der Waals surface area (Å²) in [4.78, 5) is 21.3. The number of hydrogen-bond acceptors (Lipinski definition) is 4. The lowest BCUT2D eigenvalue weighted by atomic mass is 10.5. The fraction of sp³-hybridized carbons (Fsp3) is 0.500. The fourth-order valence-corrected chi connectivity index (χ4v) is 0.942. The van der Waals surface area contributed by atoms with E-state index in [-0.39, 0.29) is 13.2 Å². The molecule has 0 spiro atoms. The van der Waals surface area contributed by atoms with Gasteiger partial charge in [0.2, 0.25) is 0 Å². The minimum atomic E-state index is -3.94. The molecule has 1 amide bonds. The minimum absolute atomic E-state index is 0.261. The van der Waals surface area contributed by atoms with E-state index in [9.17, 15) is 22.9 Å². The number of ether oxygens (including phenoxy) is 1. The van der Waals surface area contributed by atoms with Crippen molar-refractivity contribution in [3.8, 4) is 0 Å². The zero-order valence-electron chi connectivity index (χ0n) is 8.50. The Kier molecular flexibility index (Phi) is 5.97. The van der Waals surface area contributed by atoms with Gasteiger partial charge in [-0.2, -0.15) is 0 Å². The Morgan fingerprint density at radius 2 is 2.19 bits per heavy atom. The standard InChI is InChI=1S/C8H11F2NO4S/c1-3-6(12)15-5-4-11-7(13)8(9,10)16(2)14/h3H,1,4-5H2,2H3,(H,11,13). The van der Waals surface area contributed by atoms with Crippen LogP contribution < -0.4 is 5.32 Å². The van der Waals surface area contributed by atoms with Gasteiger partial charge >= 0.3 is 17.1 Å². The molecular weight excluding hydrogens is 244 g/mol. The summed E-state index contributed by atoms with van der Waals surface area (Å²) in [5.41, 5.74) is 0. The first-order chi connectivity index (χ1) is 7.32. The topological polar surface area (TPSA) is 78.5 Å². The molecule has 0 aromatic rings. The first-order valence-corrected chi connectivity index (χ1v) is 5.67. The summed E-state index contributed by atoms with van der Waals surface area (Å²) in [5, 5.41) is -2.15. The predicted molar refractivity (Wildman–Crippen MR) is 53.2 cm³/mol. The first-order valence-electron chi connectivity index (χ1n) is 4.11. The summed E-state index contributed by atoms with van der Waals surface area (Å²) in [6.45, 7) is 2.57. The van der Waals surface area contributed by atoms with Crippen LogP contribution in [0.5, 0.6) is 0 Å². The Labute approximate surface area is 94.0 Å². The van der Waals surface area contributed by atoms with Gasteiger partial charge < -0.3 is 14.6 Å². The number of rotatable bonds is 6. The van der Waals surface area contributed by atoms with Crippen molar-refractivity contribution in [3.05, 3.63) is 12.7 Å². The molecule has 1 unspecified atom stereocenters. The number of carbonyl (C=O) groups excluding carboxylic acids is 2. The van der Waals surface area contributed by atoms with Gasteiger partial charge in [-0.15, -0.1) is 8.78 Å². The average Bonchev–Trinajstić information content (AvgIpc) is 2.23. The third kappa shape index (κ3) is 4.58. The molecule has 0 aromatic carbocycles. The van der Waals surface area contributed by atoms with Crippen molar-refractivity contribution in [1.29, 1.82) is 0 Å². The Hall–Kier alpha value is -1.15. The van der Waals surface area contributed by atoms with Crippen molar-refractivity contribution in [2.24, 2.45) is 0 Å². The lowest BCUT2D eigenvalue weighted by Crippen LogP contribution is -2.46. The molecule has 0 fully saturated rings. The van der Waals surface area contributed by atoms with Crippen LogP contribution in [0.25, 0.3) is 0 Å². The van der Waals surface area contributed by atoms with E-state index in [1.165, 1.54) is 0 Å². The van der Waals surface area contributed by atoms with Crippen molar-refractivity contribution < 1.29 is 27.7 Å². The quantitative estimate of drug-likeness (QED) is 0.308. The predicted octanol–water partition coefficient (Wildman–Crippen LogP) is -0.197. The van der Waals surface area contributed by atoms with Crippen molar-refractivity contribution >= 4 is 23.1 Å². The van der Waals surface area contributed by atoms with Gasteiger partial charge in [0.25, 0.3) is 0 Å². The molecule has 0 aliphatic carbocycles. The summed E-state index contributed by atoms with van der Waals surface area (Å²) >= 11 is -2.59. The van der Waals surface area contributed by atoms with Crippen LogP contribution in [0.1, 0.15) is 0 Å². The van der Waals surface area contributed by atoms with Crippen LogP contribution in [0.4, 0.5) is 8.78 Å². The molecule has 0 aliphatic heterocycles. The lowest BCUT2D eigenvalue weighted by Gasteiger charge is -2.16. The number of esters is 1. The second kappa shape index (κ2) is 6.44. The van der Waals surface area contributed by atoms with Gasteiger partial charge in [-0.25, -0.2) is 4.79 Å². The van der Waals surface area contributed by atoms with E-state index in [2.05, 4.69) is 11.3 Å². The molecule has 92 valence electrons. The number of amides is 1. The highest BCUT2D eigenvalue weighted by molar-refractivity contribution is 7.92. The largest absolute Gasteiger partial charge is 0.611 e. The SMILES string of the molecule is C=CC(=O)OCCNC(=O)C(F)(F)[S+](C)[O-]. The van der Waals surface area contributed by atoms with Gasteiger partial charge in [0, 0.05) is 17.3 Å². The van der Waals surface area contributed by atoms with Crippen LogP contribution in [0.15, 0.2) is 12.7 Å². The molecule has 0 bridgehead atoms. The molecule has 0 aliphatic rings. The second-order valence-corrected chi connectivity index (χ2v) is 4.02. The molecule has 0 aromatic heterocycles. The molecule has 1 N–H and O–H groups in total. The molecule has 0 rings (SSSR count). The van der Waals surface area contributed by atoms with Gasteiger partial charge in [-0.3, -0.25) is 4.79 Å². The maximum absolute atomic E-state index is 12.8. The van der Waals surface area contributed by atoms with E-state index >= 15 is 0 Å². The zero-order chi connectivity index (χ0) is 12.8. The van der Waals surface area contributed by atoms with Gasteiger partial charge in [0.1, 0.15) is 12.9 Å². The minimum Gasteiger partial charge on any atom is -0.611 e. The Morgan fingerprint density at radius 1 is 1.62 bits per heavy atom. The summed E-state index contributed by atoms with van der Waals surface area (Å²) in [7, 11) is 0. The van der Waals surface area contributed by atoms with Gasteiger partial charge in [-0.05, 0) is 0 Å². The maximum atomic E-state index is 12.8. The highest BCUT2D eigenvalue weighted by atomic mass is 32.2. The van der Waals surface area contributed by atoms with Crippen LogP contribution in [0.2, 0.25) is 0 Å². The monoisotopic (exact) mass is 255 g/mol. The van der Waals surface area contributed by atoms with E-state index in [0.29, 0.717) is 0 Å². The van der Waals surface area contributed by atoms with E-state index in [1.54, 1.807) is 5.32 Å². The van der Waals surface area contributed by atoms with Crippen molar-refractivity contribution in [1.82, 2.24) is 5.32 Å². The van der Waals surface area contributed by atoms with E-state index < -0.39 is 28.3 Å². The number of carbonyl (C=O) groups is 2. The number of hydrogen-bond donors (Lipinski definition) is 1. The number of alkyl halides is 2. The van der Waals surface area contributed by atoms with E-state index in [0.717, 1.165) is 12.3 Å². The van der Waals surface area contributed by atoms with Crippen LogP contribution in [-0.4, -0.2) is 41.1 Å². The molecule has 5 nitrogen and oxygen atoms in total. The highest BCUT2D eigenvalue weighted by Gasteiger charge is 2.49. The smallest absolute Gasteiger partial charge is 0.487 e. The summed E-state index contributed by atoms with van der Waals surface area (Å²) < 4.78 is 40.4. The third-order valence-corrected chi connectivity index (χ3v) is 2.33. The fourth-order valence-electron chi connectivity index (χ4n) is 0.609. The van der Waals surface area contributed by atoms with Gasteiger partial charge in [0.15, 0.2) is 0 Å². The van der Waals surface area contributed by atoms with Gasteiger partial charge in [0.05, 0.1) is 6.54 Å². The molecule has 0 saturated heterocycles. The summed E-state index contributed by atoms with van der Waals surface area (Å²) in [6.07, 6.45) is 1.62. The third-order valence-electron chi connectivity index (χ3n) is 1.42. The van der Waals surface area contributed by atoms with Crippen LogP contribution >= 0.6 is 0 Å². The average molecular weight is 255 g/mol. The Bertz CT molecular complexity index is 283. The molecule has 0 saturated carbocycles. The molecule has 1 atom stereocenters. The normalized spacial score (nSPS) is 12.8. The molecule has 8 heteroatoms. The second-order valence-electron chi connectivity index (χ2n) is 2.60. The summed E-state index contributed by atoms with van der Waals surface area (Å²) in [6, 6.07) is 0. The lowest BCUT2D eigenvalue weighted by molar-refractivity contribution is -0.140. The van der Waals surface area contributed by atoms with Crippen molar-refractivity contribution in [2.75, 3.05) is 19.4 Å². The van der Waals surface area contributed by atoms with Gasteiger partial charge in [-0.1, -0.05) is 6.58 Å². The maximum Gasteiger partial charge on any atom is 0.487 e. The molecule has 0 radical (unpaired) electrons. The summed E-state index contributed by atoms with van der Waals surface area (Å²) in [5.74, 6) is -2.39. The highest BCUT2D eigenvalue weighted by Crippen LogP contribution is 2.20. The molecular formula is C8H11F2NO4S. The van der Waals surface area contributed by atoms with Crippen LogP contribution in [0, 0.1) is 0 Å². The first kappa shape index (κ1) is 14.8. The number of halogens is 2. The Balaban J connectivity index is 3.91. The van der Waals surface area contributed by atoms with Crippen molar-refractivity contribution in [2.45, 2.75) is 5.25 Å².